The van der Waals surface area contributed by atoms with E-state index >= 15 is 0 Å². The summed E-state index contributed by atoms with van der Waals surface area (Å²) in [6.07, 6.45) is 2.41. The van der Waals surface area contributed by atoms with Gasteiger partial charge in [-0.25, -0.2) is 0 Å². The Labute approximate surface area is 103 Å². The zero-order valence-corrected chi connectivity index (χ0v) is 10.5. The van der Waals surface area contributed by atoms with Crippen LogP contribution in [-0.2, 0) is 0 Å². The van der Waals surface area contributed by atoms with E-state index in [9.17, 15) is 0 Å². The van der Waals surface area contributed by atoms with E-state index in [0.29, 0.717) is 37.4 Å². The van der Waals surface area contributed by atoms with E-state index in [1.807, 2.05) is 4.90 Å². The average Bonchev–Trinajstić information content (AvgIpc) is 2.33. The minimum atomic E-state index is 0.316. The average molecular weight is 240 g/mol. The third-order valence-electron chi connectivity index (χ3n) is 3.01. The summed E-state index contributed by atoms with van der Waals surface area (Å²) in [6.45, 7) is 5.75. The van der Waals surface area contributed by atoms with Crippen molar-refractivity contribution in [1.82, 2.24) is 15.5 Å². The number of nitrogens with one attached hydrogen (secondary N) is 4. The highest BCUT2D eigenvalue weighted by atomic mass is 15.2. The number of piperidine rings is 1. The van der Waals surface area contributed by atoms with Crippen LogP contribution in [-0.4, -0.2) is 55.8 Å². The molecule has 0 aromatic carbocycles. The van der Waals surface area contributed by atoms with E-state index in [1.165, 1.54) is 6.34 Å². The molecule has 1 rings (SSSR count). The van der Waals surface area contributed by atoms with Crippen LogP contribution >= 0.6 is 0 Å². The van der Waals surface area contributed by atoms with Gasteiger partial charge in [0, 0.05) is 25.7 Å². The molecule has 17 heavy (non-hydrogen) atoms. The van der Waals surface area contributed by atoms with Gasteiger partial charge in [0.25, 0.3) is 0 Å². The van der Waals surface area contributed by atoms with Crippen molar-refractivity contribution in [3.8, 4) is 0 Å². The largest absolute Gasteiger partial charge is 0.371 e. The van der Waals surface area contributed by atoms with E-state index in [0.717, 1.165) is 19.5 Å². The fraction of sp³-hybridized carbons (Fsp3) is 0.818. The van der Waals surface area contributed by atoms with Gasteiger partial charge in [0.15, 0.2) is 0 Å². The van der Waals surface area contributed by atoms with Crippen LogP contribution in [0.25, 0.3) is 0 Å². The van der Waals surface area contributed by atoms with E-state index in [4.69, 9.17) is 16.6 Å². The molecule has 6 heteroatoms. The first kappa shape index (κ1) is 13.9. The van der Waals surface area contributed by atoms with Gasteiger partial charge in [0.05, 0.1) is 12.9 Å². The quantitative estimate of drug-likeness (QED) is 0.317. The fourth-order valence-corrected chi connectivity index (χ4v) is 2.12. The third-order valence-corrected chi connectivity index (χ3v) is 3.01. The van der Waals surface area contributed by atoms with Crippen molar-refractivity contribution < 1.29 is 0 Å². The summed E-state index contributed by atoms with van der Waals surface area (Å²) in [5.74, 6) is 1.06. The van der Waals surface area contributed by atoms with E-state index in [-0.39, 0.29) is 0 Å². The Morgan fingerprint density at radius 2 is 2.35 bits per heavy atom. The minimum Gasteiger partial charge on any atom is -0.371 e. The first-order valence-corrected chi connectivity index (χ1v) is 6.15. The molecule has 0 aromatic rings. The molecule has 0 spiro atoms. The zero-order valence-electron chi connectivity index (χ0n) is 10.5. The smallest absolute Gasteiger partial charge is 0.113 e. The zero-order chi connectivity index (χ0) is 12.7. The lowest BCUT2D eigenvalue weighted by Crippen LogP contribution is -2.50. The van der Waals surface area contributed by atoms with Gasteiger partial charge in [-0.3, -0.25) is 10.8 Å². The number of amidine groups is 1. The highest BCUT2D eigenvalue weighted by Gasteiger charge is 2.23. The van der Waals surface area contributed by atoms with Crippen LogP contribution in [0.4, 0.5) is 0 Å². The Morgan fingerprint density at radius 1 is 1.59 bits per heavy atom. The molecule has 0 aromatic heterocycles. The number of nitrogens with two attached hydrogens (primary N) is 1. The van der Waals surface area contributed by atoms with E-state index < -0.39 is 0 Å². The van der Waals surface area contributed by atoms with E-state index in [2.05, 4.69) is 17.6 Å². The van der Waals surface area contributed by atoms with Crippen molar-refractivity contribution in [2.24, 2.45) is 11.7 Å². The Bertz CT molecular complexity index is 254. The Morgan fingerprint density at radius 3 is 2.94 bits per heavy atom. The summed E-state index contributed by atoms with van der Waals surface area (Å²) in [6, 6.07) is 0.316. The van der Waals surface area contributed by atoms with Crippen molar-refractivity contribution in [2.75, 3.05) is 32.7 Å². The predicted octanol–water partition coefficient (Wildman–Crippen LogP) is -0.581. The van der Waals surface area contributed by atoms with Gasteiger partial charge in [0.2, 0.25) is 0 Å². The van der Waals surface area contributed by atoms with Crippen LogP contribution in [0.2, 0.25) is 0 Å². The number of hydrogen-bond acceptors (Lipinski definition) is 4. The van der Waals surface area contributed by atoms with Gasteiger partial charge in [0.1, 0.15) is 5.84 Å². The number of nitrogens with zero attached hydrogens (tertiary/aromatic N) is 1. The lowest BCUT2D eigenvalue weighted by atomic mass is 9.97. The summed E-state index contributed by atoms with van der Waals surface area (Å²) in [5.41, 5.74) is 5.37. The van der Waals surface area contributed by atoms with Gasteiger partial charge < -0.3 is 21.3 Å². The molecular weight excluding hydrogens is 216 g/mol. The monoisotopic (exact) mass is 240 g/mol. The van der Waals surface area contributed by atoms with Crippen molar-refractivity contribution in [2.45, 2.75) is 19.4 Å². The van der Waals surface area contributed by atoms with Crippen molar-refractivity contribution in [3.63, 3.8) is 0 Å². The molecule has 1 saturated heterocycles. The van der Waals surface area contributed by atoms with Crippen molar-refractivity contribution in [3.05, 3.63) is 0 Å². The molecule has 1 aliphatic heterocycles. The minimum absolute atomic E-state index is 0.316. The molecule has 0 aliphatic carbocycles. The summed E-state index contributed by atoms with van der Waals surface area (Å²) in [7, 11) is 0. The van der Waals surface area contributed by atoms with Crippen LogP contribution in [0.1, 0.15) is 13.3 Å². The normalized spacial score (nSPS) is 24.1. The number of hydrogen-bond donors (Lipinski definition) is 5. The molecule has 0 bridgehead atoms. The summed E-state index contributed by atoms with van der Waals surface area (Å²) in [4.78, 5) is 1.91. The maximum absolute atomic E-state index is 7.76. The first-order valence-electron chi connectivity index (χ1n) is 6.15. The lowest BCUT2D eigenvalue weighted by Gasteiger charge is -2.35. The van der Waals surface area contributed by atoms with Gasteiger partial charge in [-0.2, -0.15) is 0 Å². The Hall–Kier alpha value is -1.14. The van der Waals surface area contributed by atoms with Crippen LogP contribution in [0.3, 0.4) is 0 Å². The molecule has 0 radical (unpaired) electrons. The molecule has 1 fully saturated rings. The molecule has 98 valence electrons. The molecule has 1 aliphatic rings. The molecule has 2 atom stereocenters. The Balaban J connectivity index is 2.41. The second kappa shape index (κ2) is 7.24. The molecule has 0 amide bonds. The lowest BCUT2D eigenvalue weighted by molar-refractivity contribution is 0.241. The summed E-state index contributed by atoms with van der Waals surface area (Å²) < 4.78 is 0. The SMILES string of the molecule is C[C@H]1CNCC(N(C=N)CC(=N)NCCN)C1. The first-order chi connectivity index (χ1) is 8.17. The second-order valence-electron chi connectivity index (χ2n) is 4.65. The molecule has 1 unspecified atom stereocenters. The van der Waals surface area contributed by atoms with Gasteiger partial charge in [-0.05, 0) is 18.9 Å². The second-order valence-corrected chi connectivity index (χ2v) is 4.65. The van der Waals surface area contributed by atoms with Crippen LogP contribution in [0.5, 0.6) is 0 Å². The van der Waals surface area contributed by atoms with E-state index in [1.54, 1.807) is 0 Å². The van der Waals surface area contributed by atoms with Crippen LogP contribution in [0, 0.1) is 16.7 Å². The van der Waals surface area contributed by atoms with Gasteiger partial charge in [-0.1, -0.05) is 6.92 Å². The highest BCUT2D eigenvalue weighted by molar-refractivity contribution is 5.82. The topological polar surface area (TPSA) is 101 Å². The Kier molecular flexibility index (Phi) is 5.93. The molecule has 6 N–H and O–H groups in total. The maximum atomic E-state index is 7.76. The highest BCUT2D eigenvalue weighted by Crippen LogP contribution is 2.13. The van der Waals surface area contributed by atoms with Crippen LogP contribution in [0.15, 0.2) is 0 Å². The summed E-state index contributed by atoms with van der Waals surface area (Å²) >= 11 is 0. The summed E-state index contributed by atoms with van der Waals surface area (Å²) in [5, 5.41) is 21.5. The third kappa shape index (κ3) is 4.70. The molecule has 0 saturated carbocycles. The maximum Gasteiger partial charge on any atom is 0.113 e. The predicted molar refractivity (Wildman–Crippen MR) is 70.7 cm³/mol. The number of rotatable bonds is 6. The van der Waals surface area contributed by atoms with Crippen molar-refractivity contribution in [1.29, 1.82) is 10.8 Å². The van der Waals surface area contributed by atoms with Gasteiger partial charge in [-0.15, -0.1) is 0 Å². The molecule has 1 heterocycles. The van der Waals surface area contributed by atoms with Crippen LogP contribution < -0.4 is 16.4 Å². The van der Waals surface area contributed by atoms with Gasteiger partial charge >= 0.3 is 0 Å². The van der Waals surface area contributed by atoms with Crippen molar-refractivity contribution >= 4 is 12.2 Å². The molecular formula is C11H24N6. The molecule has 6 nitrogen and oxygen atoms in total. The fourth-order valence-electron chi connectivity index (χ4n) is 2.12. The standard InChI is InChI=1S/C11H24N6/c1-9-4-10(6-15-5-9)17(8-13)7-11(14)16-3-2-12/h8-10,13,15H,2-7,12H2,1H3,(H2,14,16)/t9-,10?/m1/s1.